The summed E-state index contributed by atoms with van der Waals surface area (Å²) in [6, 6.07) is 8.73. The zero-order chi connectivity index (χ0) is 15.1. The van der Waals surface area contributed by atoms with Crippen molar-refractivity contribution in [1.82, 2.24) is 10.2 Å². The molecule has 1 saturated heterocycles. The highest BCUT2D eigenvalue weighted by atomic mass is 16.5. The van der Waals surface area contributed by atoms with Gasteiger partial charge in [-0.25, -0.2) is 0 Å². The van der Waals surface area contributed by atoms with Gasteiger partial charge >= 0.3 is 5.97 Å². The van der Waals surface area contributed by atoms with E-state index in [0.717, 1.165) is 25.2 Å². The Hall–Kier alpha value is -1.39. The minimum absolute atomic E-state index is 0.185. The lowest BCUT2D eigenvalue weighted by molar-refractivity contribution is -0.139. The van der Waals surface area contributed by atoms with E-state index in [1.54, 1.807) is 0 Å². The molecule has 1 heterocycles. The lowest BCUT2D eigenvalue weighted by Gasteiger charge is -2.23. The molecule has 4 heteroatoms. The van der Waals surface area contributed by atoms with Gasteiger partial charge in [-0.05, 0) is 37.1 Å². The summed E-state index contributed by atoms with van der Waals surface area (Å²) in [7, 11) is 1.43. The Labute approximate surface area is 127 Å². The first-order valence-electron chi connectivity index (χ1n) is 7.83. The summed E-state index contributed by atoms with van der Waals surface area (Å²) in [5.74, 6) is -0.185. The topological polar surface area (TPSA) is 41.6 Å². The second-order valence-electron chi connectivity index (χ2n) is 5.58. The molecule has 0 bridgehead atoms. The molecular weight excluding hydrogens is 264 g/mol. The third kappa shape index (κ3) is 4.55. The van der Waals surface area contributed by atoms with Gasteiger partial charge in [0.15, 0.2) is 0 Å². The van der Waals surface area contributed by atoms with Gasteiger partial charge in [-0.3, -0.25) is 9.69 Å². The van der Waals surface area contributed by atoms with Crippen LogP contribution in [0.25, 0.3) is 0 Å². The van der Waals surface area contributed by atoms with Gasteiger partial charge in [0.05, 0.1) is 13.5 Å². The fourth-order valence-corrected chi connectivity index (χ4v) is 3.05. The number of likely N-dealkylation sites (N-methyl/N-ethyl adjacent to an activating group) is 1. The van der Waals surface area contributed by atoms with Crippen LogP contribution >= 0.6 is 0 Å². The number of likely N-dealkylation sites (tertiary alicyclic amines) is 1. The molecule has 0 spiro atoms. The van der Waals surface area contributed by atoms with E-state index in [1.807, 2.05) is 18.2 Å². The average molecular weight is 290 g/mol. The number of nitrogens with one attached hydrogen (secondary N) is 1. The van der Waals surface area contributed by atoms with Gasteiger partial charge in [-0.1, -0.05) is 31.2 Å². The number of benzene rings is 1. The molecule has 0 aliphatic carbocycles. The lowest BCUT2D eigenvalue weighted by Crippen LogP contribution is -2.37. The molecule has 0 aromatic heterocycles. The highest BCUT2D eigenvalue weighted by molar-refractivity contribution is 5.72. The van der Waals surface area contributed by atoms with Gasteiger partial charge in [0.2, 0.25) is 0 Å². The summed E-state index contributed by atoms with van der Waals surface area (Å²) in [5, 5.41) is 3.55. The Balaban J connectivity index is 1.86. The normalized spacial score (nSPS) is 18.9. The molecule has 1 fully saturated rings. The largest absolute Gasteiger partial charge is 0.469 e. The molecule has 0 radical (unpaired) electrons. The molecule has 2 rings (SSSR count). The van der Waals surface area contributed by atoms with Crippen LogP contribution in [0.1, 0.15) is 30.9 Å². The second kappa shape index (κ2) is 8.15. The van der Waals surface area contributed by atoms with Crippen molar-refractivity contribution < 1.29 is 9.53 Å². The van der Waals surface area contributed by atoms with Gasteiger partial charge in [0.1, 0.15) is 0 Å². The van der Waals surface area contributed by atoms with Crippen molar-refractivity contribution in [3.63, 3.8) is 0 Å². The lowest BCUT2D eigenvalue weighted by atomic mass is 10.0. The van der Waals surface area contributed by atoms with Crippen LogP contribution in [0, 0.1) is 0 Å². The van der Waals surface area contributed by atoms with Gasteiger partial charge in [-0.2, -0.15) is 0 Å². The van der Waals surface area contributed by atoms with E-state index in [0.29, 0.717) is 12.5 Å². The Morgan fingerprint density at radius 3 is 2.86 bits per heavy atom. The third-order valence-corrected chi connectivity index (χ3v) is 4.28. The van der Waals surface area contributed by atoms with Crippen LogP contribution in [0.2, 0.25) is 0 Å². The van der Waals surface area contributed by atoms with Gasteiger partial charge in [0.25, 0.3) is 0 Å². The molecule has 0 amide bonds. The number of hydrogen-bond donors (Lipinski definition) is 1. The summed E-state index contributed by atoms with van der Waals surface area (Å²) in [6.45, 7) is 6.40. The van der Waals surface area contributed by atoms with Crippen LogP contribution in [0.3, 0.4) is 0 Å². The molecule has 4 nitrogen and oxygen atoms in total. The SMILES string of the molecule is CCN1CCCC1CNCc1ccccc1CC(=O)OC. The number of nitrogens with zero attached hydrogens (tertiary/aromatic N) is 1. The zero-order valence-corrected chi connectivity index (χ0v) is 13.1. The highest BCUT2D eigenvalue weighted by Crippen LogP contribution is 2.16. The van der Waals surface area contributed by atoms with Crippen molar-refractivity contribution in [2.75, 3.05) is 26.7 Å². The monoisotopic (exact) mass is 290 g/mol. The van der Waals surface area contributed by atoms with Crippen LogP contribution in [0.5, 0.6) is 0 Å². The number of rotatable bonds is 7. The second-order valence-corrected chi connectivity index (χ2v) is 5.58. The minimum Gasteiger partial charge on any atom is -0.469 e. The number of esters is 1. The molecular formula is C17H26N2O2. The Kier molecular flexibility index (Phi) is 6.21. The summed E-state index contributed by atoms with van der Waals surface area (Å²) >= 11 is 0. The molecule has 1 aromatic rings. The first-order valence-corrected chi connectivity index (χ1v) is 7.83. The Morgan fingerprint density at radius 2 is 2.14 bits per heavy atom. The number of methoxy groups -OCH3 is 1. The Bertz CT molecular complexity index is 462. The summed E-state index contributed by atoms with van der Waals surface area (Å²) in [4.78, 5) is 14.0. The number of ether oxygens (including phenoxy) is 1. The molecule has 1 atom stereocenters. The van der Waals surface area contributed by atoms with Crippen LogP contribution in [0.4, 0.5) is 0 Å². The smallest absolute Gasteiger partial charge is 0.309 e. The summed E-state index contributed by atoms with van der Waals surface area (Å²) < 4.78 is 4.76. The van der Waals surface area contributed by atoms with Gasteiger partial charge in [-0.15, -0.1) is 0 Å². The zero-order valence-electron chi connectivity index (χ0n) is 13.1. The minimum atomic E-state index is -0.185. The van der Waals surface area contributed by atoms with Crippen molar-refractivity contribution in [2.45, 2.75) is 38.8 Å². The van der Waals surface area contributed by atoms with E-state index in [-0.39, 0.29) is 5.97 Å². The van der Waals surface area contributed by atoms with E-state index in [2.05, 4.69) is 23.2 Å². The fraction of sp³-hybridized carbons (Fsp3) is 0.588. The van der Waals surface area contributed by atoms with E-state index in [4.69, 9.17) is 4.74 Å². The van der Waals surface area contributed by atoms with E-state index < -0.39 is 0 Å². The maximum absolute atomic E-state index is 11.4. The van der Waals surface area contributed by atoms with Crippen molar-refractivity contribution >= 4 is 5.97 Å². The highest BCUT2D eigenvalue weighted by Gasteiger charge is 2.22. The van der Waals surface area contributed by atoms with Crippen LogP contribution in [0.15, 0.2) is 24.3 Å². The number of carbonyl (C=O) groups is 1. The number of hydrogen-bond acceptors (Lipinski definition) is 4. The fourth-order valence-electron chi connectivity index (χ4n) is 3.05. The van der Waals surface area contributed by atoms with Crippen LogP contribution < -0.4 is 5.32 Å². The molecule has 21 heavy (non-hydrogen) atoms. The van der Waals surface area contributed by atoms with Crippen molar-refractivity contribution in [3.05, 3.63) is 35.4 Å². The predicted octanol–water partition coefficient (Wildman–Crippen LogP) is 1.98. The van der Waals surface area contributed by atoms with Crippen molar-refractivity contribution in [1.29, 1.82) is 0 Å². The molecule has 116 valence electrons. The quantitative estimate of drug-likeness (QED) is 0.780. The maximum atomic E-state index is 11.4. The molecule has 1 N–H and O–H groups in total. The number of carbonyl (C=O) groups excluding carboxylic acids is 1. The molecule has 1 aliphatic rings. The Morgan fingerprint density at radius 1 is 1.38 bits per heavy atom. The molecule has 1 aliphatic heterocycles. The third-order valence-electron chi connectivity index (χ3n) is 4.28. The van der Waals surface area contributed by atoms with Gasteiger partial charge < -0.3 is 10.1 Å². The van der Waals surface area contributed by atoms with Crippen molar-refractivity contribution in [3.8, 4) is 0 Å². The van der Waals surface area contributed by atoms with Crippen LogP contribution in [-0.4, -0.2) is 43.7 Å². The van der Waals surface area contributed by atoms with E-state index >= 15 is 0 Å². The van der Waals surface area contributed by atoms with Gasteiger partial charge in [0, 0.05) is 19.1 Å². The van der Waals surface area contributed by atoms with E-state index in [1.165, 1.54) is 32.1 Å². The van der Waals surface area contributed by atoms with Crippen LogP contribution in [-0.2, 0) is 22.5 Å². The predicted molar refractivity (Wildman–Crippen MR) is 84.1 cm³/mol. The van der Waals surface area contributed by atoms with Crippen molar-refractivity contribution in [2.24, 2.45) is 0 Å². The molecule has 1 aromatic carbocycles. The maximum Gasteiger partial charge on any atom is 0.309 e. The molecule has 0 saturated carbocycles. The summed E-state index contributed by atoms with van der Waals surface area (Å²) in [5.41, 5.74) is 2.24. The average Bonchev–Trinajstić information content (AvgIpc) is 2.96. The first kappa shape index (κ1) is 16.0. The first-order chi connectivity index (χ1) is 10.2. The standard InChI is InChI=1S/C17H26N2O2/c1-3-19-10-6-9-16(19)13-18-12-15-8-5-4-7-14(15)11-17(20)21-2/h4-5,7-8,16,18H,3,6,9-13H2,1-2H3. The molecule has 1 unspecified atom stereocenters. The van der Waals surface area contributed by atoms with E-state index in [9.17, 15) is 4.79 Å². The summed E-state index contributed by atoms with van der Waals surface area (Å²) in [6.07, 6.45) is 2.93.